The molecule has 10 heteroatoms. The summed E-state index contributed by atoms with van der Waals surface area (Å²) >= 11 is 0. The molecule has 0 unspecified atom stereocenters. The lowest BCUT2D eigenvalue weighted by molar-refractivity contribution is -0.255. The first-order valence-electron chi connectivity index (χ1n) is 9.06. The molecule has 4 rings (SSSR count). The molecule has 30 heavy (non-hydrogen) atoms. The van der Waals surface area contributed by atoms with Gasteiger partial charge in [-0.25, -0.2) is 4.90 Å². The lowest BCUT2D eigenvalue weighted by atomic mass is 9.76. The summed E-state index contributed by atoms with van der Waals surface area (Å²) in [5, 5.41) is 11.2. The van der Waals surface area contributed by atoms with Gasteiger partial charge in [-0.2, -0.15) is 0 Å². The normalized spacial score (nSPS) is 28.8. The number of carbonyl (C=O) groups is 5. The summed E-state index contributed by atoms with van der Waals surface area (Å²) in [7, 11) is 0. The molecular weight excluding hydrogens is 398 g/mol. The van der Waals surface area contributed by atoms with Crippen LogP contribution in [0.1, 0.15) is 24.2 Å². The first kappa shape index (κ1) is 19.8. The fourth-order valence-corrected chi connectivity index (χ4v) is 4.24. The van der Waals surface area contributed by atoms with E-state index in [9.17, 15) is 29.1 Å². The zero-order chi connectivity index (χ0) is 21.8. The number of imide groups is 1. The monoisotopic (exact) mass is 414 g/mol. The molecule has 0 saturated carbocycles. The van der Waals surface area contributed by atoms with Gasteiger partial charge in [0.25, 0.3) is 6.29 Å². The third-order valence-electron chi connectivity index (χ3n) is 5.33. The molecule has 2 bridgehead atoms. The van der Waals surface area contributed by atoms with Crippen molar-refractivity contribution in [2.75, 3.05) is 4.90 Å². The Morgan fingerprint density at radius 3 is 2.40 bits per heavy atom. The van der Waals surface area contributed by atoms with Crippen molar-refractivity contribution in [1.82, 2.24) is 0 Å². The quantitative estimate of drug-likeness (QED) is 0.265. The minimum Gasteiger partial charge on any atom is -0.545 e. The maximum atomic E-state index is 13.3. The molecule has 3 aliphatic heterocycles. The first-order chi connectivity index (χ1) is 14.2. The Labute approximate surface area is 170 Å². The average Bonchev–Trinajstić information content (AvgIpc) is 3.32. The molecule has 3 aliphatic rings. The number of amides is 2. The van der Waals surface area contributed by atoms with E-state index in [1.54, 1.807) is 6.08 Å². The molecule has 0 aliphatic carbocycles. The Balaban J connectivity index is 1.75. The van der Waals surface area contributed by atoms with E-state index in [1.807, 2.05) is 0 Å². The highest BCUT2D eigenvalue weighted by molar-refractivity contribution is 6.23. The van der Waals surface area contributed by atoms with Crippen molar-refractivity contribution in [2.45, 2.75) is 31.8 Å². The Kier molecular flexibility index (Phi) is 4.46. The highest BCUT2D eigenvalue weighted by Gasteiger charge is 2.72. The van der Waals surface area contributed by atoms with Crippen LogP contribution in [0.4, 0.5) is 5.69 Å². The molecule has 0 aromatic heterocycles. The lowest BCUT2D eigenvalue weighted by Gasteiger charge is -2.34. The van der Waals surface area contributed by atoms with E-state index in [0.29, 0.717) is 0 Å². The van der Waals surface area contributed by atoms with Gasteiger partial charge in [0.1, 0.15) is 0 Å². The summed E-state index contributed by atoms with van der Waals surface area (Å²) in [5.41, 5.74) is -1.80. The maximum Gasteiger partial charge on any atom is 0.305 e. The number of ether oxygens (including phenoxy) is 3. The van der Waals surface area contributed by atoms with Gasteiger partial charge in [0, 0.05) is 13.8 Å². The Bertz CT molecular complexity index is 999. The Hall–Kier alpha value is -3.53. The Morgan fingerprint density at radius 2 is 1.80 bits per heavy atom. The van der Waals surface area contributed by atoms with Crippen LogP contribution in [0.15, 0.2) is 36.4 Å². The van der Waals surface area contributed by atoms with Crippen LogP contribution in [0.5, 0.6) is 0 Å². The summed E-state index contributed by atoms with van der Waals surface area (Å²) < 4.78 is 16.1. The van der Waals surface area contributed by atoms with Crippen LogP contribution < -0.4 is 10.0 Å². The number of carbonyl (C=O) groups excluding carboxylic acids is 5. The highest BCUT2D eigenvalue weighted by Crippen LogP contribution is 2.54. The number of rotatable bonds is 5. The zero-order valence-corrected chi connectivity index (χ0v) is 15.9. The number of fused-ring (bicyclic) bond motifs is 5. The average molecular weight is 414 g/mol. The second-order valence-electron chi connectivity index (χ2n) is 7.20. The van der Waals surface area contributed by atoms with Crippen molar-refractivity contribution in [3.63, 3.8) is 0 Å². The molecule has 4 atom stereocenters. The number of aromatic carboxylic acids is 1. The zero-order valence-electron chi connectivity index (χ0n) is 15.9. The number of esters is 2. The van der Waals surface area contributed by atoms with Crippen LogP contribution in [0, 0.1) is 11.8 Å². The topological polar surface area (TPSA) is 139 Å². The molecule has 1 aromatic rings. The molecule has 10 nitrogen and oxygen atoms in total. The fourth-order valence-electron chi connectivity index (χ4n) is 4.24. The predicted molar refractivity (Wildman–Crippen MR) is 94.3 cm³/mol. The predicted octanol–water partition coefficient (Wildman–Crippen LogP) is -0.685. The van der Waals surface area contributed by atoms with Gasteiger partial charge in [0.2, 0.25) is 11.8 Å². The number of benzene rings is 1. The number of carboxylic acid groups (broad SMARTS) is 1. The van der Waals surface area contributed by atoms with E-state index >= 15 is 0 Å². The van der Waals surface area contributed by atoms with E-state index in [1.165, 1.54) is 24.3 Å². The van der Waals surface area contributed by atoms with E-state index in [-0.39, 0.29) is 11.3 Å². The van der Waals surface area contributed by atoms with Crippen LogP contribution in [-0.4, -0.2) is 47.7 Å². The Morgan fingerprint density at radius 1 is 1.13 bits per heavy atom. The van der Waals surface area contributed by atoms with Crippen molar-refractivity contribution in [3.05, 3.63) is 42.0 Å². The van der Waals surface area contributed by atoms with Gasteiger partial charge in [0.15, 0.2) is 5.60 Å². The number of anilines is 1. The third-order valence-corrected chi connectivity index (χ3v) is 5.33. The second kappa shape index (κ2) is 6.77. The SMILES string of the molecule is CC(=O)OC(OC(C)=O)[C@@]12C=C[C@H](O1)[C@H]1C(=O)N(c3cccc(C(=O)[O-])c3)C(=O)[C@@H]12. The van der Waals surface area contributed by atoms with Gasteiger partial charge >= 0.3 is 11.9 Å². The van der Waals surface area contributed by atoms with Crippen LogP contribution in [0.25, 0.3) is 0 Å². The lowest BCUT2D eigenvalue weighted by Crippen LogP contribution is -2.52. The largest absolute Gasteiger partial charge is 0.545 e. The fraction of sp³-hybridized carbons (Fsp3) is 0.350. The van der Waals surface area contributed by atoms with Crippen LogP contribution >= 0.6 is 0 Å². The first-order valence-corrected chi connectivity index (χ1v) is 9.06. The number of hydrogen-bond acceptors (Lipinski definition) is 9. The van der Waals surface area contributed by atoms with Gasteiger partial charge < -0.3 is 24.1 Å². The minimum atomic E-state index is -1.67. The molecule has 156 valence electrons. The molecule has 2 saturated heterocycles. The highest BCUT2D eigenvalue weighted by atomic mass is 16.7. The molecule has 1 aromatic carbocycles. The van der Waals surface area contributed by atoms with Crippen molar-refractivity contribution >= 4 is 35.4 Å². The van der Waals surface area contributed by atoms with Crippen LogP contribution in [-0.2, 0) is 33.4 Å². The van der Waals surface area contributed by atoms with Crippen molar-refractivity contribution in [1.29, 1.82) is 0 Å². The van der Waals surface area contributed by atoms with Crippen molar-refractivity contribution in [2.24, 2.45) is 11.8 Å². The van der Waals surface area contributed by atoms with E-state index < -0.39 is 59.6 Å². The van der Waals surface area contributed by atoms with Crippen LogP contribution in [0.3, 0.4) is 0 Å². The van der Waals surface area contributed by atoms with E-state index in [0.717, 1.165) is 24.8 Å². The standard InChI is InChI=1S/C20H17NO9/c1-9(22)28-19(29-10(2)23)20-7-6-13(30-20)14-15(20)17(25)21(16(14)24)12-5-3-4-11(8-12)18(26)27/h3-8,13-15,19H,1-2H3,(H,26,27)/p-1/t13-,14+,15+,20-/m0/s1. The number of carboxylic acids is 1. The summed E-state index contributed by atoms with van der Waals surface area (Å²) in [6, 6.07) is 5.24. The molecule has 2 amide bonds. The molecule has 2 fully saturated rings. The van der Waals surface area contributed by atoms with Crippen LogP contribution in [0.2, 0.25) is 0 Å². The molecular formula is C20H16NO9-. The van der Waals surface area contributed by atoms with Gasteiger partial charge in [-0.15, -0.1) is 0 Å². The van der Waals surface area contributed by atoms with Gasteiger partial charge in [-0.05, 0) is 23.8 Å². The van der Waals surface area contributed by atoms with Gasteiger partial charge in [0.05, 0.1) is 29.6 Å². The minimum absolute atomic E-state index is 0.0622. The number of hydrogen-bond donors (Lipinski definition) is 0. The molecule has 0 radical (unpaired) electrons. The summed E-state index contributed by atoms with van der Waals surface area (Å²) in [5.74, 6) is -6.34. The molecule has 3 heterocycles. The smallest absolute Gasteiger partial charge is 0.305 e. The third kappa shape index (κ3) is 2.79. The molecule has 0 N–H and O–H groups in total. The van der Waals surface area contributed by atoms with E-state index in [2.05, 4.69) is 0 Å². The summed E-state index contributed by atoms with van der Waals surface area (Å²) in [6.07, 6.45) is 0.638. The second-order valence-corrected chi connectivity index (χ2v) is 7.20. The number of nitrogens with zero attached hydrogens (tertiary/aromatic N) is 1. The van der Waals surface area contributed by atoms with Crippen molar-refractivity contribution < 1.29 is 43.3 Å². The van der Waals surface area contributed by atoms with Crippen molar-refractivity contribution in [3.8, 4) is 0 Å². The van der Waals surface area contributed by atoms with E-state index in [4.69, 9.17) is 14.2 Å². The summed E-state index contributed by atoms with van der Waals surface area (Å²) in [6.45, 7) is 2.21. The summed E-state index contributed by atoms with van der Waals surface area (Å²) in [4.78, 5) is 61.6. The van der Waals surface area contributed by atoms with Gasteiger partial charge in [-0.3, -0.25) is 19.2 Å². The molecule has 0 spiro atoms. The maximum absolute atomic E-state index is 13.3. The van der Waals surface area contributed by atoms with Gasteiger partial charge in [-0.1, -0.05) is 18.2 Å².